The van der Waals surface area contributed by atoms with Gasteiger partial charge in [0.15, 0.2) is 0 Å². The zero-order valence-corrected chi connectivity index (χ0v) is 7.50. The topological polar surface area (TPSA) is 78.3 Å². The molecule has 0 aliphatic heterocycles. The molecule has 0 aliphatic carbocycles. The zero-order valence-electron chi connectivity index (χ0n) is 7.50. The summed E-state index contributed by atoms with van der Waals surface area (Å²) in [6, 6.07) is 4.10. The third-order valence-electron chi connectivity index (χ3n) is 1.76. The fourth-order valence-corrected chi connectivity index (χ4v) is 1.07. The summed E-state index contributed by atoms with van der Waals surface area (Å²) in [6.45, 7) is 0.206. The quantitative estimate of drug-likeness (QED) is 0.756. The first-order valence-corrected chi connectivity index (χ1v) is 4.03. The number of benzene rings is 1. The first kappa shape index (κ1) is 10.5. The summed E-state index contributed by atoms with van der Waals surface area (Å²) in [5.74, 6) is -0.367. The Morgan fingerprint density at radius 3 is 2.71 bits per heavy atom. The SMILES string of the molecule is NCc1cc(F)ccc1COC(N)=O. The molecule has 1 aromatic carbocycles. The van der Waals surface area contributed by atoms with Crippen molar-refractivity contribution in [3.8, 4) is 0 Å². The summed E-state index contributed by atoms with van der Waals surface area (Å²) in [4.78, 5) is 10.3. The van der Waals surface area contributed by atoms with Gasteiger partial charge in [0.05, 0.1) is 0 Å². The van der Waals surface area contributed by atoms with Crippen molar-refractivity contribution in [2.24, 2.45) is 11.5 Å². The second kappa shape index (κ2) is 4.57. The van der Waals surface area contributed by atoms with Gasteiger partial charge in [0.25, 0.3) is 0 Å². The van der Waals surface area contributed by atoms with Crippen LogP contribution in [-0.4, -0.2) is 6.09 Å². The number of hydrogen-bond acceptors (Lipinski definition) is 3. The summed E-state index contributed by atoms with van der Waals surface area (Å²) in [7, 11) is 0. The van der Waals surface area contributed by atoms with Crippen molar-refractivity contribution in [1.82, 2.24) is 0 Å². The second-order valence-electron chi connectivity index (χ2n) is 2.72. The van der Waals surface area contributed by atoms with E-state index in [1.165, 1.54) is 18.2 Å². The van der Waals surface area contributed by atoms with E-state index in [4.69, 9.17) is 11.5 Å². The number of halogens is 1. The van der Waals surface area contributed by atoms with Crippen LogP contribution in [0.1, 0.15) is 11.1 Å². The molecule has 0 fully saturated rings. The predicted molar refractivity (Wildman–Crippen MR) is 48.7 cm³/mol. The molecule has 0 heterocycles. The van der Waals surface area contributed by atoms with Crippen LogP contribution in [0.3, 0.4) is 0 Å². The molecule has 76 valence electrons. The van der Waals surface area contributed by atoms with Crippen LogP contribution >= 0.6 is 0 Å². The van der Waals surface area contributed by atoms with Gasteiger partial charge in [-0.05, 0) is 23.3 Å². The Morgan fingerprint density at radius 2 is 2.14 bits per heavy atom. The average molecular weight is 198 g/mol. The lowest BCUT2D eigenvalue weighted by atomic mass is 10.1. The van der Waals surface area contributed by atoms with Crippen LogP contribution in [0.5, 0.6) is 0 Å². The van der Waals surface area contributed by atoms with Crippen LogP contribution in [-0.2, 0) is 17.9 Å². The number of nitrogens with two attached hydrogens (primary N) is 2. The largest absolute Gasteiger partial charge is 0.445 e. The molecular formula is C9H11FN2O2. The first-order valence-electron chi connectivity index (χ1n) is 4.03. The number of primary amides is 1. The van der Waals surface area contributed by atoms with Crippen LogP contribution in [0.25, 0.3) is 0 Å². The predicted octanol–water partition coefficient (Wildman–Crippen LogP) is 0.880. The number of ether oxygens (including phenoxy) is 1. The van der Waals surface area contributed by atoms with Crippen LogP contribution in [0.2, 0.25) is 0 Å². The Bertz CT molecular complexity index is 342. The molecule has 1 amide bonds. The van der Waals surface area contributed by atoms with Gasteiger partial charge in [-0.1, -0.05) is 6.07 Å². The minimum absolute atomic E-state index is 0.0160. The lowest BCUT2D eigenvalue weighted by Gasteiger charge is -2.07. The lowest BCUT2D eigenvalue weighted by Crippen LogP contribution is -2.14. The Labute approximate surface area is 80.6 Å². The standard InChI is InChI=1S/C9H11FN2O2/c10-8-2-1-6(5-14-9(12)13)7(3-8)4-11/h1-3H,4-5,11H2,(H2,12,13). The van der Waals surface area contributed by atoms with E-state index >= 15 is 0 Å². The Morgan fingerprint density at radius 1 is 1.43 bits per heavy atom. The number of amides is 1. The maximum Gasteiger partial charge on any atom is 0.404 e. The molecule has 0 aliphatic rings. The summed E-state index contributed by atoms with van der Waals surface area (Å²) in [5.41, 5.74) is 11.4. The monoisotopic (exact) mass is 198 g/mol. The fraction of sp³-hybridized carbons (Fsp3) is 0.222. The molecule has 0 radical (unpaired) electrons. The normalized spacial score (nSPS) is 9.86. The zero-order chi connectivity index (χ0) is 10.6. The minimum atomic E-state index is -0.864. The van der Waals surface area contributed by atoms with E-state index in [-0.39, 0.29) is 19.0 Å². The molecule has 0 saturated carbocycles. The highest BCUT2D eigenvalue weighted by Crippen LogP contribution is 2.11. The van der Waals surface area contributed by atoms with Gasteiger partial charge >= 0.3 is 6.09 Å². The second-order valence-corrected chi connectivity index (χ2v) is 2.72. The molecule has 4 N–H and O–H groups in total. The lowest BCUT2D eigenvalue weighted by molar-refractivity contribution is 0.150. The van der Waals surface area contributed by atoms with E-state index in [0.717, 1.165) is 0 Å². The Kier molecular flexibility index (Phi) is 3.41. The minimum Gasteiger partial charge on any atom is -0.445 e. The van der Waals surface area contributed by atoms with Gasteiger partial charge in [-0.25, -0.2) is 9.18 Å². The van der Waals surface area contributed by atoms with E-state index in [0.29, 0.717) is 11.1 Å². The number of carbonyl (C=O) groups is 1. The van der Waals surface area contributed by atoms with Gasteiger partial charge < -0.3 is 16.2 Å². The number of hydrogen-bond donors (Lipinski definition) is 2. The molecule has 14 heavy (non-hydrogen) atoms. The van der Waals surface area contributed by atoms with Gasteiger partial charge in [0, 0.05) is 6.54 Å². The van der Waals surface area contributed by atoms with Gasteiger partial charge in [0.1, 0.15) is 12.4 Å². The maximum atomic E-state index is 12.7. The summed E-state index contributed by atoms with van der Waals surface area (Å²) < 4.78 is 17.3. The summed E-state index contributed by atoms with van der Waals surface area (Å²) in [6.07, 6.45) is -0.864. The molecule has 0 spiro atoms. The van der Waals surface area contributed by atoms with Crippen molar-refractivity contribution in [2.75, 3.05) is 0 Å². The average Bonchev–Trinajstić information content (AvgIpc) is 2.15. The van der Waals surface area contributed by atoms with Crippen molar-refractivity contribution in [3.05, 3.63) is 35.1 Å². The van der Waals surface area contributed by atoms with Crippen LogP contribution in [0.4, 0.5) is 9.18 Å². The molecule has 4 nitrogen and oxygen atoms in total. The van der Waals surface area contributed by atoms with E-state index in [1.807, 2.05) is 0 Å². The molecule has 0 aromatic heterocycles. The van der Waals surface area contributed by atoms with E-state index in [9.17, 15) is 9.18 Å². The van der Waals surface area contributed by atoms with Crippen LogP contribution in [0.15, 0.2) is 18.2 Å². The Hall–Kier alpha value is -1.62. The van der Waals surface area contributed by atoms with Crippen molar-refractivity contribution in [2.45, 2.75) is 13.2 Å². The third-order valence-corrected chi connectivity index (χ3v) is 1.76. The smallest absolute Gasteiger partial charge is 0.404 e. The third kappa shape index (κ3) is 2.70. The van der Waals surface area contributed by atoms with Crippen molar-refractivity contribution in [3.63, 3.8) is 0 Å². The van der Waals surface area contributed by atoms with E-state index in [2.05, 4.69) is 4.74 Å². The van der Waals surface area contributed by atoms with E-state index < -0.39 is 6.09 Å². The van der Waals surface area contributed by atoms with Gasteiger partial charge in [-0.2, -0.15) is 0 Å². The summed E-state index contributed by atoms with van der Waals surface area (Å²) in [5, 5.41) is 0. The maximum absolute atomic E-state index is 12.7. The highest BCUT2D eigenvalue weighted by Gasteiger charge is 2.04. The van der Waals surface area contributed by atoms with E-state index in [1.54, 1.807) is 0 Å². The molecule has 5 heteroatoms. The molecule has 0 saturated heterocycles. The van der Waals surface area contributed by atoms with Gasteiger partial charge in [-0.3, -0.25) is 0 Å². The number of rotatable bonds is 3. The molecular weight excluding hydrogens is 187 g/mol. The van der Waals surface area contributed by atoms with Crippen molar-refractivity contribution in [1.29, 1.82) is 0 Å². The van der Waals surface area contributed by atoms with Crippen molar-refractivity contribution < 1.29 is 13.9 Å². The van der Waals surface area contributed by atoms with Gasteiger partial charge in [-0.15, -0.1) is 0 Å². The van der Waals surface area contributed by atoms with Crippen molar-refractivity contribution >= 4 is 6.09 Å². The summed E-state index contributed by atoms with van der Waals surface area (Å²) >= 11 is 0. The molecule has 0 bridgehead atoms. The Balaban J connectivity index is 2.80. The molecule has 0 atom stereocenters. The molecule has 0 unspecified atom stereocenters. The highest BCUT2D eigenvalue weighted by atomic mass is 19.1. The van der Waals surface area contributed by atoms with Crippen LogP contribution in [0, 0.1) is 5.82 Å². The van der Waals surface area contributed by atoms with Gasteiger partial charge in [0.2, 0.25) is 0 Å². The molecule has 1 rings (SSSR count). The first-order chi connectivity index (χ1) is 6.63. The molecule has 1 aromatic rings. The van der Waals surface area contributed by atoms with Crippen LogP contribution < -0.4 is 11.5 Å². The fourth-order valence-electron chi connectivity index (χ4n) is 1.07. The highest BCUT2D eigenvalue weighted by molar-refractivity contribution is 5.64. The number of carbonyl (C=O) groups excluding carboxylic acids is 1.